The second-order valence-corrected chi connectivity index (χ2v) is 7.11. The summed E-state index contributed by atoms with van der Waals surface area (Å²) in [4.78, 5) is 17.9. The van der Waals surface area contributed by atoms with Crippen LogP contribution >= 0.6 is 0 Å². The maximum absolute atomic E-state index is 12.3. The van der Waals surface area contributed by atoms with Gasteiger partial charge in [0.1, 0.15) is 5.82 Å². The monoisotopic (exact) mass is 335 g/mol. The Morgan fingerprint density at radius 2 is 2.08 bits per heavy atom. The molecule has 1 fully saturated rings. The van der Waals surface area contributed by atoms with Gasteiger partial charge in [0.15, 0.2) is 11.3 Å². The first kappa shape index (κ1) is 18.5. The third-order valence-electron chi connectivity index (χ3n) is 4.94. The highest BCUT2D eigenvalue weighted by molar-refractivity contribution is 5.72. The molecule has 1 aliphatic rings. The van der Waals surface area contributed by atoms with Crippen LogP contribution in [0.3, 0.4) is 0 Å². The molecule has 1 N–H and O–H groups in total. The van der Waals surface area contributed by atoms with E-state index in [0.717, 1.165) is 25.2 Å². The number of aromatic nitrogens is 2. The Kier molecular flexibility index (Phi) is 5.38. The van der Waals surface area contributed by atoms with Gasteiger partial charge in [0.2, 0.25) is 0 Å². The van der Waals surface area contributed by atoms with E-state index >= 15 is 0 Å². The fourth-order valence-corrected chi connectivity index (χ4v) is 3.08. The van der Waals surface area contributed by atoms with E-state index in [-0.39, 0.29) is 0 Å². The lowest BCUT2D eigenvalue weighted by Gasteiger charge is -2.37. The fraction of sp³-hybridized carbons (Fsp3) is 0.667. The predicted molar refractivity (Wildman–Crippen MR) is 92.5 cm³/mol. The van der Waals surface area contributed by atoms with E-state index in [2.05, 4.69) is 11.1 Å². The summed E-state index contributed by atoms with van der Waals surface area (Å²) in [6, 6.07) is 0. The lowest BCUT2D eigenvalue weighted by molar-refractivity contribution is -0.139. The molecule has 0 aromatic carbocycles. The van der Waals surface area contributed by atoms with Gasteiger partial charge in [0, 0.05) is 25.5 Å². The van der Waals surface area contributed by atoms with Gasteiger partial charge >= 0.3 is 6.09 Å². The third-order valence-corrected chi connectivity index (χ3v) is 4.94. The van der Waals surface area contributed by atoms with Crippen molar-refractivity contribution in [3.8, 4) is 0 Å². The summed E-state index contributed by atoms with van der Waals surface area (Å²) in [6.45, 7) is 10.7. The zero-order chi connectivity index (χ0) is 18.0. The number of carbonyl (C=O) groups excluding carboxylic acids is 1. The summed E-state index contributed by atoms with van der Waals surface area (Å²) in [5.74, 6) is 0.942. The van der Waals surface area contributed by atoms with Gasteiger partial charge in [-0.3, -0.25) is 4.90 Å². The first-order valence-corrected chi connectivity index (χ1v) is 8.51. The van der Waals surface area contributed by atoms with Crippen molar-refractivity contribution in [2.45, 2.75) is 71.8 Å². The van der Waals surface area contributed by atoms with Crippen molar-refractivity contribution >= 4 is 6.09 Å². The molecule has 6 nitrogen and oxygen atoms in total. The quantitative estimate of drug-likeness (QED) is 0.777. The molecule has 0 saturated carbocycles. The third kappa shape index (κ3) is 3.64. The van der Waals surface area contributed by atoms with Crippen molar-refractivity contribution < 1.29 is 14.6 Å². The van der Waals surface area contributed by atoms with Crippen LogP contribution in [-0.2, 0) is 11.3 Å². The van der Waals surface area contributed by atoms with Crippen molar-refractivity contribution in [2.75, 3.05) is 6.54 Å². The number of aryl methyl sites for hydroxylation is 2. The molecule has 0 bridgehead atoms. The number of hydrogen-bond acceptors (Lipinski definition) is 4. The number of amides is 1. The Labute approximate surface area is 144 Å². The van der Waals surface area contributed by atoms with Gasteiger partial charge < -0.3 is 14.4 Å². The topological polar surface area (TPSA) is 67.6 Å². The molecule has 1 aromatic rings. The number of allylic oxidation sites excluding steroid dienone is 2. The van der Waals surface area contributed by atoms with E-state index in [1.807, 2.05) is 38.5 Å². The minimum Gasteiger partial charge on any atom is -0.438 e. The van der Waals surface area contributed by atoms with Crippen LogP contribution in [0.15, 0.2) is 24.0 Å². The Morgan fingerprint density at radius 3 is 2.67 bits per heavy atom. The van der Waals surface area contributed by atoms with E-state index in [1.165, 1.54) is 10.5 Å². The molecule has 24 heavy (non-hydrogen) atoms. The molecule has 0 aliphatic carbocycles. The van der Waals surface area contributed by atoms with E-state index in [4.69, 9.17) is 4.74 Å². The molecule has 1 aliphatic heterocycles. The molecule has 6 heteroatoms. The summed E-state index contributed by atoms with van der Waals surface area (Å²) in [6.07, 6.45) is 7.42. The zero-order valence-electron chi connectivity index (χ0n) is 15.4. The SMILES string of the molecule is CC(C)=CCCC1(C)OC(=O)N(CCCn2ccnc2C)C1(C)O. The highest BCUT2D eigenvalue weighted by atomic mass is 16.6. The molecule has 2 atom stereocenters. The van der Waals surface area contributed by atoms with Gasteiger partial charge in [0.25, 0.3) is 0 Å². The molecule has 134 valence electrons. The summed E-state index contributed by atoms with van der Waals surface area (Å²) in [7, 11) is 0. The van der Waals surface area contributed by atoms with Crippen LogP contribution < -0.4 is 0 Å². The number of cyclic esters (lactones) is 1. The van der Waals surface area contributed by atoms with E-state index in [0.29, 0.717) is 13.0 Å². The fourth-order valence-electron chi connectivity index (χ4n) is 3.08. The molecule has 2 rings (SSSR count). The first-order chi connectivity index (χ1) is 11.2. The Hall–Kier alpha value is -1.82. The standard InChI is InChI=1S/C18H29N3O3/c1-14(2)8-6-9-17(4)18(5,23)21(16(22)24-17)12-7-11-20-13-10-19-15(20)3/h8,10,13,23H,6-7,9,11-12H2,1-5H3. The normalized spacial score (nSPS) is 26.6. The van der Waals surface area contributed by atoms with Crippen molar-refractivity contribution in [3.05, 3.63) is 29.9 Å². The number of carbonyl (C=O) groups is 1. The summed E-state index contributed by atoms with van der Waals surface area (Å²) < 4.78 is 7.59. The van der Waals surface area contributed by atoms with E-state index in [9.17, 15) is 9.90 Å². The van der Waals surface area contributed by atoms with Crippen LogP contribution in [-0.4, -0.2) is 43.5 Å². The molecule has 0 radical (unpaired) electrons. The Morgan fingerprint density at radius 1 is 1.38 bits per heavy atom. The molecular weight excluding hydrogens is 306 g/mol. The second kappa shape index (κ2) is 6.97. The zero-order valence-corrected chi connectivity index (χ0v) is 15.4. The summed E-state index contributed by atoms with van der Waals surface area (Å²) in [5, 5.41) is 11.0. The molecule has 2 unspecified atom stereocenters. The van der Waals surface area contributed by atoms with Crippen LogP contribution in [0.2, 0.25) is 0 Å². The maximum atomic E-state index is 12.3. The summed E-state index contributed by atoms with van der Waals surface area (Å²) >= 11 is 0. The average molecular weight is 335 g/mol. The molecular formula is C18H29N3O3. The van der Waals surface area contributed by atoms with Crippen molar-refractivity contribution in [3.63, 3.8) is 0 Å². The molecule has 1 aromatic heterocycles. The van der Waals surface area contributed by atoms with Crippen molar-refractivity contribution in [1.82, 2.24) is 14.5 Å². The number of rotatable bonds is 7. The van der Waals surface area contributed by atoms with Gasteiger partial charge in [-0.2, -0.15) is 0 Å². The summed E-state index contributed by atoms with van der Waals surface area (Å²) in [5.41, 5.74) is -1.00. The highest BCUT2D eigenvalue weighted by Crippen LogP contribution is 2.40. The number of ether oxygens (including phenoxy) is 1. The largest absolute Gasteiger partial charge is 0.438 e. The van der Waals surface area contributed by atoms with E-state index < -0.39 is 17.4 Å². The van der Waals surface area contributed by atoms with Gasteiger partial charge in [-0.25, -0.2) is 9.78 Å². The van der Waals surface area contributed by atoms with Gasteiger partial charge in [-0.1, -0.05) is 11.6 Å². The molecule has 1 saturated heterocycles. The van der Waals surface area contributed by atoms with Gasteiger partial charge in [0.05, 0.1) is 0 Å². The number of aliphatic hydroxyl groups is 1. The number of nitrogens with zero attached hydrogens (tertiary/aromatic N) is 3. The van der Waals surface area contributed by atoms with Crippen LogP contribution in [0.5, 0.6) is 0 Å². The van der Waals surface area contributed by atoms with Crippen LogP contribution in [0.4, 0.5) is 4.79 Å². The van der Waals surface area contributed by atoms with Crippen LogP contribution in [0.25, 0.3) is 0 Å². The predicted octanol–water partition coefficient (Wildman–Crippen LogP) is 3.25. The highest BCUT2D eigenvalue weighted by Gasteiger charge is 2.58. The number of imidazole rings is 1. The first-order valence-electron chi connectivity index (χ1n) is 8.51. The van der Waals surface area contributed by atoms with Crippen LogP contribution in [0.1, 0.15) is 52.8 Å². The Bertz CT molecular complexity index is 617. The lowest BCUT2D eigenvalue weighted by atomic mass is 9.88. The lowest BCUT2D eigenvalue weighted by Crippen LogP contribution is -2.55. The van der Waals surface area contributed by atoms with Gasteiger partial charge in [-0.15, -0.1) is 0 Å². The minimum atomic E-state index is -1.32. The molecule has 2 heterocycles. The van der Waals surface area contributed by atoms with E-state index in [1.54, 1.807) is 13.1 Å². The van der Waals surface area contributed by atoms with Crippen LogP contribution in [0, 0.1) is 6.92 Å². The van der Waals surface area contributed by atoms with Crippen molar-refractivity contribution in [2.24, 2.45) is 0 Å². The Balaban J connectivity index is 1.98. The average Bonchev–Trinajstić information content (AvgIpc) is 2.93. The minimum absolute atomic E-state index is 0.443. The second-order valence-electron chi connectivity index (χ2n) is 7.11. The molecule has 1 amide bonds. The number of hydrogen-bond donors (Lipinski definition) is 1. The maximum Gasteiger partial charge on any atom is 0.412 e. The molecule has 0 spiro atoms. The van der Waals surface area contributed by atoms with Crippen molar-refractivity contribution in [1.29, 1.82) is 0 Å². The van der Waals surface area contributed by atoms with Gasteiger partial charge in [-0.05, 0) is 53.9 Å². The smallest absolute Gasteiger partial charge is 0.412 e.